The first-order valence-electron chi connectivity index (χ1n) is 11.5. The van der Waals surface area contributed by atoms with E-state index < -0.39 is 6.04 Å². The van der Waals surface area contributed by atoms with Gasteiger partial charge in [0, 0.05) is 31.7 Å². The molecule has 0 spiro atoms. The highest BCUT2D eigenvalue weighted by Crippen LogP contribution is 2.25. The zero-order valence-corrected chi connectivity index (χ0v) is 18.6. The molecule has 1 N–H and O–H groups in total. The molecular formula is C25H31N3O4. The number of furan rings is 1. The Morgan fingerprint density at radius 1 is 0.938 bits per heavy atom. The standard InChI is InChI=1S/C25H31N3O4/c1-18-8-3-4-9-20(18)23(29)26-22(25(31)27-13-5-2-6-14-27)19-11-15-28(16-12-19)24(30)21-10-7-17-32-21/h3-4,7-10,17,19,22H,2,5-6,11-16H2,1H3,(H,26,29)/t22-/m0/s1. The molecule has 1 aromatic carbocycles. The Morgan fingerprint density at radius 2 is 1.66 bits per heavy atom. The van der Waals surface area contributed by atoms with Crippen LogP contribution in [-0.4, -0.2) is 59.7 Å². The summed E-state index contributed by atoms with van der Waals surface area (Å²) in [4.78, 5) is 42.8. The molecule has 7 heteroatoms. The van der Waals surface area contributed by atoms with Crippen LogP contribution >= 0.6 is 0 Å². The third-order valence-corrected chi connectivity index (χ3v) is 6.64. The maximum Gasteiger partial charge on any atom is 0.289 e. The van der Waals surface area contributed by atoms with E-state index in [2.05, 4.69) is 5.32 Å². The summed E-state index contributed by atoms with van der Waals surface area (Å²) in [5.41, 5.74) is 1.47. The lowest BCUT2D eigenvalue weighted by Crippen LogP contribution is -2.55. The molecule has 7 nitrogen and oxygen atoms in total. The Labute approximate surface area is 188 Å². The second kappa shape index (κ2) is 10.0. The smallest absolute Gasteiger partial charge is 0.289 e. The number of nitrogens with zero attached hydrogens (tertiary/aromatic N) is 2. The SMILES string of the molecule is Cc1ccccc1C(=O)N[C@H](C(=O)N1CCCCC1)C1CCN(C(=O)c2ccco2)CC1. The number of carbonyl (C=O) groups is 3. The topological polar surface area (TPSA) is 82.9 Å². The molecule has 0 unspecified atom stereocenters. The third kappa shape index (κ3) is 4.87. The van der Waals surface area contributed by atoms with E-state index in [0.717, 1.165) is 37.9 Å². The molecule has 1 aromatic heterocycles. The molecule has 0 bridgehead atoms. The van der Waals surface area contributed by atoms with Crippen molar-refractivity contribution in [2.75, 3.05) is 26.2 Å². The van der Waals surface area contributed by atoms with Crippen molar-refractivity contribution in [3.8, 4) is 0 Å². The number of piperidine rings is 2. The molecule has 0 aliphatic carbocycles. The quantitative estimate of drug-likeness (QED) is 0.778. The van der Waals surface area contributed by atoms with Crippen LogP contribution in [0.2, 0.25) is 0 Å². The van der Waals surface area contributed by atoms with Gasteiger partial charge in [0.05, 0.1) is 6.26 Å². The molecule has 2 aromatic rings. The van der Waals surface area contributed by atoms with Gasteiger partial charge >= 0.3 is 0 Å². The van der Waals surface area contributed by atoms with Gasteiger partial charge in [0.2, 0.25) is 5.91 Å². The molecule has 3 amide bonds. The normalized spacial score (nSPS) is 18.3. The number of hydrogen-bond donors (Lipinski definition) is 1. The second-order valence-corrected chi connectivity index (χ2v) is 8.76. The van der Waals surface area contributed by atoms with Gasteiger partial charge in [-0.1, -0.05) is 18.2 Å². The fourth-order valence-corrected chi connectivity index (χ4v) is 4.73. The van der Waals surface area contributed by atoms with E-state index in [9.17, 15) is 14.4 Å². The largest absolute Gasteiger partial charge is 0.459 e. The zero-order chi connectivity index (χ0) is 22.5. The summed E-state index contributed by atoms with van der Waals surface area (Å²) < 4.78 is 5.24. The maximum atomic E-state index is 13.5. The molecule has 2 aliphatic rings. The van der Waals surface area contributed by atoms with Crippen LogP contribution in [0.5, 0.6) is 0 Å². The van der Waals surface area contributed by atoms with Crippen molar-refractivity contribution < 1.29 is 18.8 Å². The number of hydrogen-bond acceptors (Lipinski definition) is 4. The number of aryl methyl sites for hydroxylation is 1. The van der Waals surface area contributed by atoms with E-state index >= 15 is 0 Å². The van der Waals surface area contributed by atoms with Gasteiger partial charge in [-0.15, -0.1) is 0 Å². The molecule has 2 fully saturated rings. The van der Waals surface area contributed by atoms with Gasteiger partial charge in [-0.3, -0.25) is 14.4 Å². The van der Waals surface area contributed by atoms with Gasteiger partial charge in [-0.25, -0.2) is 0 Å². The van der Waals surface area contributed by atoms with Gasteiger partial charge < -0.3 is 19.5 Å². The lowest BCUT2D eigenvalue weighted by Gasteiger charge is -2.38. The van der Waals surface area contributed by atoms with Crippen LogP contribution in [0.4, 0.5) is 0 Å². The summed E-state index contributed by atoms with van der Waals surface area (Å²) in [6.07, 6.45) is 5.95. The minimum atomic E-state index is -0.582. The van der Waals surface area contributed by atoms with Crippen LogP contribution in [0.1, 0.15) is 58.6 Å². The highest BCUT2D eigenvalue weighted by atomic mass is 16.3. The summed E-state index contributed by atoms with van der Waals surface area (Å²) in [5.74, 6) is -0.0263. The van der Waals surface area contributed by atoms with E-state index in [1.165, 1.54) is 6.26 Å². The molecule has 4 rings (SSSR count). The summed E-state index contributed by atoms with van der Waals surface area (Å²) >= 11 is 0. The summed E-state index contributed by atoms with van der Waals surface area (Å²) in [6.45, 7) is 4.45. The maximum absolute atomic E-state index is 13.5. The van der Waals surface area contributed by atoms with E-state index in [1.807, 2.05) is 30.0 Å². The van der Waals surface area contributed by atoms with Crippen molar-refractivity contribution in [3.63, 3.8) is 0 Å². The number of amides is 3. The minimum Gasteiger partial charge on any atom is -0.459 e. The minimum absolute atomic E-state index is 0.00226. The first-order valence-corrected chi connectivity index (χ1v) is 11.5. The van der Waals surface area contributed by atoms with Gasteiger partial charge in [0.15, 0.2) is 5.76 Å². The first kappa shape index (κ1) is 22.1. The van der Waals surface area contributed by atoms with E-state index in [0.29, 0.717) is 37.3 Å². The Bertz CT molecular complexity index is 942. The van der Waals surface area contributed by atoms with Crippen molar-refractivity contribution in [3.05, 3.63) is 59.5 Å². The van der Waals surface area contributed by atoms with Crippen LogP contribution < -0.4 is 5.32 Å². The molecule has 0 saturated carbocycles. The fourth-order valence-electron chi connectivity index (χ4n) is 4.73. The number of likely N-dealkylation sites (tertiary alicyclic amines) is 2. The fraction of sp³-hybridized carbons (Fsp3) is 0.480. The molecule has 170 valence electrons. The molecule has 2 saturated heterocycles. The Balaban J connectivity index is 1.47. The number of rotatable bonds is 5. The highest BCUT2D eigenvalue weighted by molar-refractivity contribution is 5.98. The van der Waals surface area contributed by atoms with Crippen LogP contribution in [-0.2, 0) is 4.79 Å². The van der Waals surface area contributed by atoms with Gasteiger partial charge in [0.25, 0.3) is 11.8 Å². The van der Waals surface area contributed by atoms with E-state index in [1.54, 1.807) is 23.1 Å². The first-order chi connectivity index (χ1) is 15.5. The van der Waals surface area contributed by atoms with Crippen molar-refractivity contribution in [2.24, 2.45) is 5.92 Å². The van der Waals surface area contributed by atoms with Gasteiger partial charge in [-0.05, 0) is 68.7 Å². The second-order valence-electron chi connectivity index (χ2n) is 8.76. The zero-order valence-electron chi connectivity index (χ0n) is 18.6. The van der Waals surface area contributed by atoms with Crippen LogP contribution in [0.25, 0.3) is 0 Å². The Kier molecular flexibility index (Phi) is 6.93. The molecular weight excluding hydrogens is 406 g/mol. The predicted molar refractivity (Wildman–Crippen MR) is 120 cm³/mol. The molecule has 2 aliphatic heterocycles. The summed E-state index contributed by atoms with van der Waals surface area (Å²) in [7, 11) is 0. The van der Waals surface area contributed by atoms with Crippen LogP contribution in [0.15, 0.2) is 47.1 Å². The number of nitrogens with one attached hydrogen (secondary N) is 1. The number of carbonyl (C=O) groups excluding carboxylic acids is 3. The predicted octanol–water partition coefficient (Wildman–Crippen LogP) is 3.25. The van der Waals surface area contributed by atoms with E-state index in [4.69, 9.17) is 4.42 Å². The van der Waals surface area contributed by atoms with Crippen LogP contribution in [0, 0.1) is 12.8 Å². The number of benzene rings is 1. The van der Waals surface area contributed by atoms with Crippen molar-refractivity contribution in [2.45, 2.75) is 45.1 Å². The van der Waals surface area contributed by atoms with Crippen molar-refractivity contribution >= 4 is 17.7 Å². The van der Waals surface area contributed by atoms with E-state index in [-0.39, 0.29) is 23.6 Å². The molecule has 1 atom stereocenters. The van der Waals surface area contributed by atoms with Gasteiger partial charge in [0.1, 0.15) is 6.04 Å². The average molecular weight is 438 g/mol. The van der Waals surface area contributed by atoms with Crippen molar-refractivity contribution in [1.82, 2.24) is 15.1 Å². The lowest BCUT2D eigenvalue weighted by molar-refractivity contribution is -0.136. The molecule has 3 heterocycles. The summed E-state index contributed by atoms with van der Waals surface area (Å²) in [6, 6.07) is 10.2. The average Bonchev–Trinajstić information content (AvgIpc) is 3.37. The Hall–Kier alpha value is -3.09. The monoisotopic (exact) mass is 437 g/mol. The molecule has 32 heavy (non-hydrogen) atoms. The summed E-state index contributed by atoms with van der Waals surface area (Å²) in [5, 5.41) is 3.06. The van der Waals surface area contributed by atoms with Crippen molar-refractivity contribution in [1.29, 1.82) is 0 Å². The van der Waals surface area contributed by atoms with Gasteiger partial charge in [-0.2, -0.15) is 0 Å². The third-order valence-electron chi connectivity index (χ3n) is 6.64. The highest BCUT2D eigenvalue weighted by Gasteiger charge is 2.37. The molecule has 0 radical (unpaired) electrons. The van der Waals surface area contributed by atoms with Crippen LogP contribution in [0.3, 0.4) is 0 Å². The Morgan fingerprint density at radius 3 is 2.31 bits per heavy atom. The lowest BCUT2D eigenvalue weighted by atomic mass is 9.87.